The van der Waals surface area contributed by atoms with E-state index >= 15 is 0 Å². The van der Waals surface area contributed by atoms with Crippen LogP contribution >= 0.6 is 0 Å². The van der Waals surface area contributed by atoms with Crippen LogP contribution in [0.15, 0.2) is 0 Å². The molecule has 0 atom stereocenters. The Balaban J connectivity index is 2.77. The van der Waals surface area contributed by atoms with Gasteiger partial charge < -0.3 is 5.11 Å². The molecule has 1 aromatic rings. The van der Waals surface area contributed by atoms with Gasteiger partial charge in [0, 0.05) is 6.42 Å². The van der Waals surface area contributed by atoms with E-state index in [9.17, 15) is 4.79 Å². The number of aromatic nitrogens is 4. The van der Waals surface area contributed by atoms with Gasteiger partial charge in [-0.05, 0) is 5.41 Å². The van der Waals surface area contributed by atoms with Crippen molar-refractivity contribution in [2.75, 3.05) is 0 Å². The first kappa shape index (κ1) is 10.6. The minimum absolute atomic E-state index is 0.0666. The molecule has 0 unspecified atom stereocenters. The lowest BCUT2D eigenvalue weighted by atomic mass is 9.92. The molecular weight excluding hydrogens is 184 g/mol. The number of nitrogens with one attached hydrogen (secondary N) is 1. The van der Waals surface area contributed by atoms with Gasteiger partial charge in [0.05, 0.1) is 0 Å². The van der Waals surface area contributed by atoms with Gasteiger partial charge in [0.25, 0.3) is 0 Å². The Morgan fingerprint density at radius 2 is 2.21 bits per heavy atom. The van der Waals surface area contributed by atoms with Gasteiger partial charge >= 0.3 is 11.8 Å². The summed E-state index contributed by atoms with van der Waals surface area (Å²) in [5.41, 5.74) is 0.0666. The number of aromatic amines is 1. The largest absolute Gasteiger partial charge is 0.479 e. The lowest BCUT2D eigenvalue weighted by Crippen LogP contribution is -2.44. The number of rotatable bonds is 3. The molecule has 0 saturated heterocycles. The third kappa shape index (κ3) is 3.12. The van der Waals surface area contributed by atoms with Crippen LogP contribution in [-0.2, 0) is 17.8 Å². The Hall–Kier alpha value is -1.46. The standard InChI is InChI=1S/C8H14N4O2/c1-8(2,3)4-6-9-10-11-12(6)5-7(13)14/h4-5H2,1-3H3,(H,13,14)/p+1. The maximum absolute atomic E-state index is 10.5. The number of hydrogen-bond acceptors (Lipinski definition) is 3. The van der Waals surface area contributed by atoms with Crippen molar-refractivity contribution in [3.05, 3.63) is 5.82 Å². The Morgan fingerprint density at radius 1 is 1.57 bits per heavy atom. The molecule has 2 N–H and O–H groups in total. The van der Waals surface area contributed by atoms with E-state index in [0.717, 1.165) is 0 Å². The first-order chi connectivity index (χ1) is 6.38. The fraction of sp³-hybridized carbons (Fsp3) is 0.750. The predicted molar refractivity (Wildman–Crippen MR) is 47.4 cm³/mol. The molecule has 0 fully saturated rings. The zero-order valence-corrected chi connectivity index (χ0v) is 8.61. The van der Waals surface area contributed by atoms with E-state index < -0.39 is 5.97 Å². The third-order valence-corrected chi connectivity index (χ3v) is 1.62. The molecule has 0 aliphatic rings. The Kier molecular flexibility index (Phi) is 2.83. The molecule has 0 bridgehead atoms. The first-order valence-electron chi connectivity index (χ1n) is 4.40. The number of tetrazole rings is 1. The van der Waals surface area contributed by atoms with Gasteiger partial charge in [-0.3, -0.25) is 0 Å². The second kappa shape index (κ2) is 3.73. The summed E-state index contributed by atoms with van der Waals surface area (Å²) < 4.78 is 1.44. The summed E-state index contributed by atoms with van der Waals surface area (Å²) in [6, 6.07) is 0. The van der Waals surface area contributed by atoms with Crippen LogP contribution in [0.4, 0.5) is 0 Å². The van der Waals surface area contributed by atoms with Crippen molar-refractivity contribution in [3.8, 4) is 0 Å². The van der Waals surface area contributed by atoms with Crippen molar-refractivity contribution in [2.24, 2.45) is 5.41 Å². The van der Waals surface area contributed by atoms with Gasteiger partial charge in [-0.25, -0.2) is 4.79 Å². The summed E-state index contributed by atoms with van der Waals surface area (Å²) in [6.07, 6.45) is 0.691. The highest BCUT2D eigenvalue weighted by Gasteiger charge is 2.23. The number of aliphatic carboxylic acids is 1. The minimum atomic E-state index is -0.906. The van der Waals surface area contributed by atoms with Crippen LogP contribution < -0.4 is 4.68 Å². The zero-order chi connectivity index (χ0) is 10.8. The molecule has 0 spiro atoms. The summed E-state index contributed by atoms with van der Waals surface area (Å²) >= 11 is 0. The van der Waals surface area contributed by atoms with Crippen LogP contribution in [0.5, 0.6) is 0 Å². The van der Waals surface area contributed by atoms with Crippen molar-refractivity contribution in [1.82, 2.24) is 15.5 Å². The lowest BCUT2D eigenvalue weighted by Gasteiger charge is -2.13. The van der Waals surface area contributed by atoms with Gasteiger partial charge in [-0.15, -0.1) is 0 Å². The molecule has 6 nitrogen and oxygen atoms in total. The van der Waals surface area contributed by atoms with Crippen molar-refractivity contribution < 1.29 is 14.6 Å². The molecule has 1 rings (SSSR count). The maximum Gasteiger partial charge on any atom is 0.340 e. The van der Waals surface area contributed by atoms with Crippen LogP contribution in [0.1, 0.15) is 26.6 Å². The number of nitrogens with zero attached hydrogens (tertiary/aromatic N) is 3. The van der Waals surface area contributed by atoms with Crippen molar-refractivity contribution in [1.29, 1.82) is 0 Å². The molecular formula is C8H15N4O2+. The Morgan fingerprint density at radius 3 is 2.71 bits per heavy atom. The molecule has 0 radical (unpaired) electrons. The monoisotopic (exact) mass is 199 g/mol. The van der Waals surface area contributed by atoms with E-state index in [1.165, 1.54) is 4.68 Å². The van der Waals surface area contributed by atoms with Gasteiger partial charge in [-0.1, -0.05) is 26.0 Å². The highest BCUT2D eigenvalue weighted by molar-refractivity contribution is 5.64. The topological polar surface area (TPSA) is 82.8 Å². The molecule has 78 valence electrons. The smallest absolute Gasteiger partial charge is 0.340 e. The van der Waals surface area contributed by atoms with E-state index in [1.807, 2.05) is 0 Å². The molecule has 6 heteroatoms. The fourth-order valence-electron chi connectivity index (χ4n) is 1.11. The zero-order valence-electron chi connectivity index (χ0n) is 8.61. The summed E-state index contributed by atoms with van der Waals surface area (Å²) in [4.78, 5) is 10.5. The van der Waals surface area contributed by atoms with Crippen LogP contribution in [0.2, 0.25) is 0 Å². The third-order valence-electron chi connectivity index (χ3n) is 1.62. The van der Waals surface area contributed by atoms with Gasteiger partial charge in [0.1, 0.15) is 5.10 Å². The number of carboxylic acids is 1. The summed E-state index contributed by atoms with van der Waals surface area (Å²) in [5.74, 6) is -0.240. The van der Waals surface area contributed by atoms with Crippen LogP contribution in [0.3, 0.4) is 0 Å². The Bertz CT molecular complexity index is 326. The van der Waals surface area contributed by atoms with Gasteiger partial charge in [0.15, 0.2) is 11.8 Å². The van der Waals surface area contributed by atoms with Crippen molar-refractivity contribution >= 4 is 5.97 Å². The fourth-order valence-corrected chi connectivity index (χ4v) is 1.11. The average molecular weight is 199 g/mol. The minimum Gasteiger partial charge on any atom is -0.479 e. The maximum atomic E-state index is 10.5. The number of carbonyl (C=O) groups is 1. The normalized spacial score (nSPS) is 11.6. The molecule has 0 saturated carbocycles. The molecule has 0 amide bonds. The second-order valence-electron chi connectivity index (χ2n) is 4.43. The summed E-state index contributed by atoms with van der Waals surface area (Å²) in [5, 5.41) is 18.6. The van der Waals surface area contributed by atoms with E-state index in [1.54, 1.807) is 0 Å². The lowest BCUT2D eigenvalue weighted by molar-refractivity contribution is -0.751. The number of H-pyrrole nitrogens is 1. The molecule has 0 aliphatic heterocycles. The van der Waals surface area contributed by atoms with Crippen LogP contribution in [0, 0.1) is 5.41 Å². The number of hydrogen-bond donors (Lipinski definition) is 2. The molecule has 1 aromatic heterocycles. The molecule has 14 heavy (non-hydrogen) atoms. The number of carboxylic acid groups (broad SMARTS) is 1. The highest BCUT2D eigenvalue weighted by Crippen LogP contribution is 2.16. The average Bonchev–Trinajstić information content (AvgIpc) is 2.32. The predicted octanol–water partition coefficient (Wildman–Crippen LogP) is -0.235. The molecule has 1 heterocycles. The quantitative estimate of drug-likeness (QED) is 0.658. The first-order valence-corrected chi connectivity index (χ1v) is 4.40. The van der Waals surface area contributed by atoms with Crippen LogP contribution in [0.25, 0.3) is 0 Å². The SMILES string of the molecule is CC(C)(C)Cc1nn[nH][n+]1CC(=O)O. The Labute approximate surface area is 81.9 Å². The van der Waals surface area contributed by atoms with Gasteiger partial charge in [0.2, 0.25) is 0 Å². The van der Waals surface area contributed by atoms with Crippen molar-refractivity contribution in [3.63, 3.8) is 0 Å². The van der Waals surface area contributed by atoms with E-state index in [2.05, 4.69) is 36.3 Å². The molecule has 0 aliphatic carbocycles. The molecule has 0 aromatic carbocycles. The van der Waals surface area contributed by atoms with Crippen LogP contribution in [-0.4, -0.2) is 26.6 Å². The summed E-state index contributed by atoms with van der Waals surface area (Å²) in [7, 11) is 0. The van der Waals surface area contributed by atoms with Crippen molar-refractivity contribution in [2.45, 2.75) is 33.7 Å². The second-order valence-corrected chi connectivity index (χ2v) is 4.43. The van der Waals surface area contributed by atoms with Gasteiger partial charge in [-0.2, -0.15) is 4.68 Å². The van der Waals surface area contributed by atoms with E-state index in [0.29, 0.717) is 12.2 Å². The van der Waals surface area contributed by atoms with E-state index in [4.69, 9.17) is 5.11 Å². The summed E-state index contributed by atoms with van der Waals surface area (Å²) in [6.45, 7) is 6.06. The van der Waals surface area contributed by atoms with E-state index in [-0.39, 0.29) is 12.0 Å². The highest BCUT2D eigenvalue weighted by atomic mass is 16.4.